The zero-order chi connectivity index (χ0) is 14.5. The summed E-state index contributed by atoms with van der Waals surface area (Å²) in [4.78, 5) is 13.6. The number of hydrogen-bond donors (Lipinski definition) is 1. The lowest BCUT2D eigenvalue weighted by Crippen LogP contribution is -2.09. The van der Waals surface area contributed by atoms with E-state index in [1.807, 2.05) is 12.1 Å². The van der Waals surface area contributed by atoms with Crippen LogP contribution in [0.2, 0.25) is 0 Å². The van der Waals surface area contributed by atoms with Gasteiger partial charge in [-0.1, -0.05) is 13.8 Å². The smallest absolute Gasteiger partial charge is 0.181 e. The molecule has 0 amide bonds. The number of hydrogen-bond acceptors (Lipinski definition) is 4. The number of nitrogens with one attached hydrogen (secondary N) is 1. The third kappa shape index (κ3) is 3.46. The zero-order valence-corrected chi connectivity index (χ0v) is 15.2. The molecule has 0 aromatic carbocycles. The molecule has 2 aromatic rings. The zero-order valence-electron chi connectivity index (χ0n) is 11.5. The average Bonchev–Trinajstić information content (AvgIpc) is 2.47. The maximum absolute atomic E-state index is 4.64. The van der Waals surface area contributed by atoms with Crippen LogP contribution in [0, 0.1) is 3.57 Å². The van der Waals surface area contributed by atoms with Crippen LogP contribution in [0.4, 0.5) is 5.82 Å². The van der Waals surface area contributed by atoms with Crippen LogP contribution in [0.1, 0.15) is 26.0 Å². The molecule has 2 rings (SSSR count). The Kier molecular flexibility index (Phi) is 5.71. The first-order valence-corrected chi connectivity index (χ1v) is 8.45. The van der Waals surface area contributed by atoms with E-state index in [1.165, 1.54) is 0 Å². The average molecular weight is 447 g/mol. The second-order valence-electron chi connectivity index (χ2n) is 4.27. The number of anilines is 1. The van der Waals surface area contributed by atoms with Crippen LogP contribution in [0.3, 0.4) is 0 Å². The second kappa shape index (κ2) is 7.31. The summed E-state index contributed by atoms with van der Waals surface area (Å²) in [5.74, 6) is 1.56. The lowest BCUT2D eigenvalue weighted by Gasteiger charge is -2.12. The van der Waals surface area contributed by atoms with Crippen LogP contribution in [0.25, 0.3) is 11.5 Å². The highest BCUT2D eigenvalue weighted by Gasteiger charge is 2.14. The van der Waals surface area contributed by atoms with Gasteiger partial charge in [0.2, 0.25) is 0 Å². The molecule has 0 aliphatic rings. The largest absolute Gasteiger partial charge is 0.369 e. The summed E-state index contributed by atoms with van der Waals surface area (Å²) in [5, 5.41) is 3.37. The number of pyridine rings is 1. The molecule has 0 saturated carbocycles. The highest BCUT2D eigenvalue weighted by Crippen LogP contribution is 2.27. The van der Waals surface area contributed by atoms with Gasteiger partial charge in [0, 0.05) is 17.2 Å². The van der Waals surface area contributed by atoms with E-state index in [2.05, 4.69) is 72.6 Å². The number of halogens is 2. The first-order valence-electron chi connectivity index (χ1n) is 6.58. The molecule has 0 atom stereocenters. The van der Waals surface area contributed by atoms with Crippen LogP contribution in [-0.4, -0.2) is 21.5 Å². The molecule has 6 heteroatoms. The molecule has 0 unspecified atom stereocenters. The fourth-order valence-electron chi connectivity index (χ4n) is 1.74. The van der Waals surface area contributed by atoms with Crippen LogP contribution < -0.4 is 5.32 Å². The minimum Gasteiger partial charge on any atom is -0.369 e. The SMILES string of the molecule is CCCNc1nc(-c2ncccc2Br)nc(CC)c1I. The van der Waals surface area contributed by atoms with Crippen molar-refractivity contribution in [1.82, 2.24) is 15.0 Å². The lowest BCUT2D eigenvalue weighted by atomic mass is 10.2. The van der Waals surface area contributed by atoms with E-state index in [0.717, 1.165) is 44.6 Å². The van der Waals surface area contributed by atoms with Gasteiger partial charge in [0.05, 0.1) is 9.26 Å². The van der Waals surface area contributed by atoms with Gasteiger partial charge in [-0.25, -0.2) is 9.97 Å². The van der Waals surface area contributed by atoms with Crippen molar-refractivity contribution >= 4 is 44.3 Å². The van der Waals surface area contributed by atoms with Crippen molar-refractivity contribution in [3.8, 4) is 11.5 Å². The van der Waals surface area contributed by atoms with E-state index in [4.69, 9.17) is 0 Å². The number of nitrogens with zero attached hydrogens (tertiary/aromatic N) is 3. The molecule has 0 saturated heterocycles. The van der Waals surface area contributed by atoms with Gasteiger partial charge in [-0.15, -0.1) is 0 Å². The fraction of sp³-hybridized carbons (Fsp3) is 0.357. The number of aromatic nitrogens is 3. The number of aryl methyl sites for hydroxylation is 1. The second-order valence-corrected chi connectivity index (χ2v) is 6.20. The van der Waals surface area contributed by atoms with Crippen molar-refractivity contribution in [2.45, 2.75) is 26.7 Å². The molecule has 0 bridgehead atoms. The maximum atomic E-state index is 4.64. The van der Waals surface area contributed by atoms with Gasteiger partial charge in [-0.2, -0.15) is 0 Å². The predicted octanol–water partition coefficient (Wildman–Crippen LogP) is 4.29. The predicted molar refractivity (Wildman–Crippen MR) is 93.8 cm³/mol. The molecule has 0 spiro atoms. The molecule has 4 nitrogen and oxygen atoms in total. The molecular formula is C14H16BrIN4. The molecule has 0 radical (unpaired) electrons. The van der Waals surface area contributed by atoms with Gasteiger partial charge < -0.3 is 5.32 Å². The summed E-state index contributed by atoms with van der Waals surface area (Å²) < 4.78 is 2.00. The third-order valence-corrected chi connectivity index (χ3v) is 4.54. The Labute approximate surface area is 141 Å². The monoisotopic (exact) mass is 446 g/mol. The van der Waals surface area contributed by atoms with Gasteiger partial charge in [-0.3, -0.25) is 4.98 Å². The quantitative estimate of drug-likeness (QED) is 0.696. The molecule has 0 fully saturated rings. The molecule has 2 heterocycles. The van der Waals surface area contributed by atoms with Crippen molar-refractivity contribution in [2.75, 3.05) is 11.9 Å². The van der Waals surface area contributed by atoms with Crippen molar-refractivity contribution in [2.24, 2.45) is 0 Å². The van der Waals surface area contributed by atoms with Crippen LogP contribution >= 0.6 is 38.5 Å². The molecule has 106 valence electrons. The summed E-state index contributed by atoms with van der Waals surface area (Å²) in [7, 11) is 0. The Bertz CT molecular complexity index is 604. The van der Waals surface area contributed by atoms with E-state index in [1.54, 1.807) is 6.20 Å². The first-order chi connectivity index (χ1) is 9.67. The van der Waals surface area contributed by atoms with Crippen molar-refractivity contribution < 1.29 is 0 Å². The lowest BCUT2D eigenvalue weighted by molar-refractivity contribution is 0.940. The van der Waals surface area contributed by atoms with Gasteiger partial charge in [0.25, 0.3) is 0 Å². The van der Waals surface area contributed by atoms with Gasteiger partial charge in [0.15, 0.2) is 5.82 Å². The third-order valence-electron chi connectivity index (χ3n) is 2.77. The topological polar surface area (TPSA) is 50.7 Å². The van der Waals surface area contributed by atoms with Crippen molar-refractivity contribution in [3.63, 3.8) is 0 Å². The highest BCUT2D eigenvalue weighted by molar-refractivity contribution is 14.1. The Morgan fingerprint density at radius 3 is 2.75 bits per heavy atom. The summed E-state index contributed by atoms with van der Waals surface area (Å²) in [5.41, 5.74) is 1.82. The Hall–Kier alpha value is -0.760. The van der Waals surface area contributed by atoms with Crippen LogP contribution in [-0.2, 0) is 6.42 Å². The Balaban J connectivity index is 2.51. The highest BCUT2D eigenvalue weighted by atomic mass is 127. The maximum Gasteiger partial charge on any atom is 0.181 e. The summed E-state index contributed by atoms with van der Waals surface area (Å²) >= 11 is 5.82. The summed E-state index contributed by atoms with van der Waals surface area (Å²) in [6.07, 6.45) is 3.69. The van der Waals surface area contributed by atoms with Gasteiger partial charge in [0.1, 0.15) is 11.5 Å². The minimum absolute atomic E-state index is 0.661. The molecule has 1 N–H and O–H groups in total. The van der Waals surface area contributed by atoms with E-state index in [0.29, 0.717) is 5.82 Å². The molecule has 20 heavy (non-hydrogen) atoms. The van der Waals surface area contributed by atoms with Gasteiger partial charge in [-0.05, 0) is 63.5 Å². The first kappa shape index (κ1) is 15.6. The molecular weight excluding hydrogens is 431 g/mol. The van der Waals surface area contributed by atoms with Gasteiger partial charge >= 0.3 is 0 Å². The molecule has 0 aliphatic carbocycles. The van der Waals surface area contributed by atoms with E-state index >= 15 is 0 Å². The Morgan fingerprint density at radius 2 is 2.10 bits per heavy atom. The van der Waals surface area contributed by atoms with E-state index in [9.17, 15) is 0 Å². The summed E-state index contributed by atoms with van der Waals surface area (Å²) in [6, 6.07) is 3.84. The Morgan fingerprint density at radius 1 is 1.30 bits per heavy atom. The number of rotatable bonds is 5. The van der Waals surface area contributed by atoms with Crippen molar-refractivity contribution in [1.29, 1.82) is 0 Å². The van der Waals surface area contributed by atoms with Crippen LogP contribution in [0.15, 0.2) is 22.8 Å². The van der Waals surface area contributed by atoms with Crippen LogP contribution in [0.5, 0.6) is 0 Å². The van der Waals surface area contributed by atoms with E-state index < -0.39 is 0 Å². The molecule has 2 aromatic heterocycles. The minimum atomic E-state index is 0.661. The van der Waals surface area contributed by atoms with Crippen molar-refractivity contribution in [3.05, 3.63) is 32.1 Å². The molecule has 0 aliphatic heterocycles. The standard InChI is InChI=1S/C14H16BrIN4/c1-3-7-18-13-11(16)10(4-2)19-14(20-13)12-9(15)6-5-8-17-12/h5-6,8H,3-4,7H2,1-2H3,(H,18,19,20). The fourth-order valence-corrected chi connectivity index (χ4v) is 2.99. The summed E-state index contributed by atoms with van der Waals surface area (Å²) in [6.45, 7) is 5.14. The van der Waals surface area contributed by atoms with E-state index in [-0.39, 0.29) is 0 Å². The normalized spacial score (nSPS) is 10.6.